The van der Waals surface area contributed by atoms with Crippen LogP contribution in [0.15, 0.2) is 16.6 Å². The number of amides is 2. The minimum Gasteiger partial charge on any atom is -0.398 e. The van der Waals surface area contributed by atoms with Gasteiger partial charge in [-0.1, -0.05) is 0 Å². The normalized spacial score (nSPS) is 10.1. The topological polar surface area (TPSA) is 115 Å². The Balaban J connectivity index is 3.15. The van der Waals surface area contributed by atoms with E-state index in [0.29, 0.717) is 15.8 Å². The molecule has 0 unspecified atom stereocenters. The number of nitrogens with two attached hydrogens (primary N) is 3. The number of benzene rings is 1. The van der Waals surface area contributed by atoms with E-state index in [2.05, 4.69) is 15.9 Å². The number of primary amides is 2. The van der Waals surface area contributed by atoms with Gasteiger partial charge in [-0.05, 0) is 40.5 Å². The number of hydrogen-bond acceptors (Lipinski definition) is 4. The lowest BCUT2D eigenvalue weighted by Gasteiger charge is -2.23. The maximum atomic E-state index is 11.0. The summed E-state index contributed by atoms with van der Waals surface area (Å²) in [5.41, 5.74) is 18.2. The summed E-state index contributed by atoms with van der Waals surface area (Å²) in [5.74, 6) is -1.09. The molecule has 7 heteroatoms. The van der Waals surface area contributed by atoms with E-state index in [-0.39, 0.29) is 13.1 Å². The Morgan fingerprint density at radius 2 is 1.72 bits per heavy atom. The largest absolute Gasteiger partial charge is 0.398 e. The highest BCUT2D eigenvalue weighted by Gasteiger charge is 2.16. The fourth-order valence-corrected chi connectivity index (χ4v) is 2.14. The van der Waals surface area contributed by atoms with Gasteiger partial charge in [0.2, 0.25) is 11.8 Å². The molecule has 0 aromatic heterocycles. The second kappa shape index (κ2) is 5.72. The highest BCUT2D eigenvalue weighted by atomic mass is 79.9. The molecule has 0 fully saturated rings. The van der Waals surface area contributed by atoms with Crippen LogP contribution in [0.3, 0.4) is 0 Å². The van der Waals surface area contributed by atoms with Gasteiger partial charge in [-0.25, -0.2) is 0 Å². The van der Waals surface area contributed by atoms with Gasteiger partial charge in [0.25, 0.3) is 0 Å². The maximum absolute atomic E-state index is 11.0. The lowest BCUT2D eigenvalue weighted by Crippen LogP contribution is -2.39. The van der Waals surface area contributed by atoms with Crippen molar-refractivity contribution in [3.05, 3.63) is 22.2 Å². The van der Waals surface area contributed by atoms with Crippen molar-refractivity contribution in [2.24, 2.45) is 11.5 Å². The van der Waals surface area contributed by atoms with E-state index in [1.54, 1.807) is 12.1 Å². The second-order valence-corrected chi connectivity index (χ2v) is 4.80. The predicted octanol–water partition coefficient (Wildman–Crippen LogP) is 0.117. The summed E-state index contributed by atoms with van der Waals surface area (Å²) in [6.07, 6.45) is 0. The molecule has 0 saturated heterocycles. The van der Waals surface area contributed by atoms with Crippen molar-refractivity contribution in [3.8, 4) is 0 Å². The third kappa shape index (κ3) is 3.63. The highest BCUT2D eigenvalue weighted by Crippen LogP contribution is 2.30. The molecule has 0 radical (unpaired) electrons. The lowest BCUT2D eigenvalue weighted by atomic mass is 10.1. The van der Waals surface area contributed by atoms with Crippen LogP contribution < -0.4 is 22.1 Å². The molecule has 0 bridgehead atoms. The van der Waals surface area contributed by atoms with Crippen molar-refractivity contribution in [1.29, 1.82) is 0 Å². The smallest absolute Gasteiger partial charge is 0.236 e. The van der Waals surface area contributed by atoms with Crippen LogP contribution in [-0.2, 0) is 9.59 Å². The quantitative estimate of drug-likeness (QED) is 0.669. The average Bonchev–Trinajstić information content (AvgIpc) is 2.21. The van der Waals surface area contributed by atoms with Crippen LogP contribution in [0.25, 0.3) is 0 Å². The molecule has 0 spiro atoms. The molecule has 1 rings (SSSR count). The number of hydrogen-bond donors (Lipinski definition) is 3. The van der Waals surface area contributed by atoms with E-state index in [9.17, 15) is 9.59 Å². The Bertz CT molecular complexity index is 474. The molecule has 0 aliphatic rings. The fraction of sp³-hybridized carbons (Fsp3) is 0.273. The molecule has 0 atom stereocenters. The number of nitrogen functional groups attached to an aromatic ring is 1. The first-order valence-corrected chi connectivity index (χ1v) is 5.97. The summed E-state index contributed by atoms with van der Waals surface area (Å²) in [6.45, 7) is 1.65. The van der Waals surface area contributed by atoms with Crippen molar-refractivity contribution in [2.75, 3.05) is 23.7 Å². The molecule has 0 saturated carbocycles. The summed E-state index contributed by atoms with van der Waals surface area (Å²) >= 11 is 3.34. The number of anilines is 2. The zero-order valence-electron chi connectivity index (χ0n) is 9.94. The second-order valence-electron chi connectivity index (χ2n) is 3.95. The molecular weight excluding hydrogens is 300 g/mol. The molecule has 6 nitrogen and oxygen atoms in total. The van der Waals surface area contributed by atoms with Crippen LogP contribution in [0.2, 0.25) is 0 Å². The third-order valence-electron chi connectivity index (χ3n) is 2.37. The highest BCUT2D eigenvalue weighted by molar-refractivity contribution is 9.10. The SMILES string of the molecule is Cc1cc(N(CC(N)=O)CC(N)=O)c(Br)cc1N. The van der Waals surface area contributed by atoms with Gasteiger partial charge in [-0.15, -0.1) is 0 Å². The molecule has 0 aliphatic heterocycles. The monoisotopic (exact) mass is 314 g/mol. The number of nitrogens with zero attached hydrogens (tertiary/aromatic N) is 1. The van der Waals surface area contributed by atoms with Crippen LogP contribution in [0.5, 0.6) is 0 Å². The van der Waals surface area contributed by atoms with Crippen molar-refractivity contribution in [2.45, 2.75) is 6.92 Å². The van der Waals surface area contributed by atoms with Gasteiger partial charge in [-0.3, -0.25) is 9.59 Å². The van der Waals surface area contributed by atoms with Crippen LogP contribution in [0.1, 0.15) is 5.56 Å². The van der Waals surface area contributed by atoms with Gasteiger partial charge in [0.15, 0.2) is 0 Å². The summed E-state index contributed by atoms with van der Waals surface area (Å²) in [6, 6.07) is 3.48. The minimum absolute atomic E-state index is 0.0924. The van der Waals surface area contributed by atoms with E-state index >= 15 is 0 Å². The molecule has 98 valence electrons. The van der Waals surface area contributed by atoms with Gasteiger partial charge >= 0.3 is 0 Å². The van der Waals surface area contributed by atoms with Gasteiger partial charge < -0.3 is 22.1 Å². The molecule has 0 aliphatic carbocycles. The van der Waals surface area contributed by atoms with E-state index < -0.39 is 11.8 Å². The lowest BCUT2D eigenvalue weighted by molar-refractivity contribution is -0.117. The standard InChI is InChI=1S/C11H15BrN4O2/c1-6-2-9(7(12)3-8(6)13)16(4-10(14)17)5-11(15)18/h2-3H,4-5,13H2,1H3,(H2,14,17)(H2,15,18). The minimum atomic E-state index is -0.544. The van der Waals surface area contributed by atoms with E-state index in [1.807, 2.05) is 6.92 Å². The van der Waals surface area contributed by atoms with E-state index in [4.69, 9.17) is 17.2 Å². The Labute approximate surface area is 113 Å². The predicted molar refractivity (Wildman–Crippen MR) is 73.9 cm³/mol. The first-order valence-electron chi connectivity index (χ1n) is 5.18. The van der Waals surface area contributed by atoms with Crippen molar-refractivity contribution < 1.29 is 9.59 Å². The van der Waals surface area contributed by atoms with Crippen LogP contribution in [-0.4, -0.2) is 24.9 Å². The van der Waals surface area contributed by atoms with E-state index in [1.165, 1.54) is 4.90 Å². The van der Waals surface area contributed by atoms with Gasteiger partial charge in [-0.2, -0.15) is 0 Å². The van der Waals surface area contributed by atoms with Crippen molar-refractivity contribution in [3.63, 3.8) is 0 Å². The Hall–Kier alpha value is -1.76. The van der Waals surface area contributed by atoms with Crippen LogP contribution in [0.4, 0.5) is 11.4 Å². The summed E-state index contributed by atoms with van der Waals surface area (Å²) < 4.78 is 0.674. The van der Waals surface area contributed by atoms with Crippen LogP contribution in [0, 0.1) is 6.92 Å². The molecule has 18 heavy (non-hydrogen) atoms. The first kappa shape index (κ1) is 14.3. The third-order valence-corrected chi connectivity index (χ3v) is 3.00. The molecule has 6 N–H and O–H groups in total. The Morgan fingerprint density at radius 1 is 1.22 bits per heavy atom. The fourth-order valence-electron chi connectivity index (χ4n) is 1.53. The average molecular weight is 315 g/mol. The van der Waals surface area contributed by atoms with Crippen LogP contribution >= 0.6 is 15.9 Å². The number of carbonyl (C=O) groups excluding carboxylic acids is 2. The van der Waals surface area contributed by atoms with Gasteiger partial charge in [0.05, 0.1) is 18.8 Å². The zero-order valence-corrected chi connectivity index (χ0v) is 11.5. The summed E-state index contributed by atoms with van der Waals surface area (Å²) in [4.78, 5) is 23.5. The number of rotatable bonds is 5. The van der Waals surface area contributed by atoms with Gasteiger partial charge in [0, 0.05) is 10.2 Å². The Kier molecular flexibility index (Phi) is 4.55. The summed E-state index contributed by atoms with van der Waals surface area (Å²) in [5, 5.41) is 0. The number of carbonyl (C=O) groups is 2. The molecule has 1 aromatic rings. The molecular formula is C11H15BrN4O2. The van der Waals surface area contributed by atoms with Crippen molar-refractivity contribution in [1.82, 2.24) is 0 Å². The van der Waals surface area contributed by atoms with Crippen molar-refractivity contribution >= 4 is 39.1 Å². The van der Waals surface area contributed by atoms with Gasteiger partial charge in [0.1, 0.15) is 0 Å². The molecule has 1 aromatic carbocycles. The molecule has 0 heterocycles. The van der Waals surface area contributed by atoms with E-state index in [0.717, 1.165) is 5.56 Å². The first-order chi connectivity index (χ1) is 8.31. The molecule has 2 amide bonds. The summed E-state index contributed by atoms with van der Waals surface area (Å²) in [7, 11) is 0. The zero-order chi connectivity index (χ0) is 13.9. The Morgan fingerprint density at radius 3 is 2.17 bits per heavy atom. The number of halogens is 1. The number of aryl methyl sites for hydroxylation is 1. The maximum Gasteiger partial charge on any atom is 0.236 e.